The molecule has 0 aliphatic carbocycles. The standard InChI is InChI=1S/C17H15NO3/c1-2-11-9-14(20)7-8-15(11)16-10-17(21-18-16)12-3-5-13(19)6-4-12/h3-10,19-20H,2H2,1H3. The third-order valence-corrected chi connectivity index (χ3v) is 3.41. The van der Waals surface area contributed by atoms with Crippen molar-refractivity contribution in [2.75, 3.05) is 0 Å². The zero-order valence-electron chi connectivity index (χ0n) is 11.6. The van der Waals surface area contributed by atoms with Gasteiger partial charge in [-0.3, -0.25) is 0 Å². The fraction of sp³-hybridized carbons (Fsp3) is 0.118. The number of aromatic nitrogens is 1. The van der Waals surface area contributed by atoms with Crippen molar-refractivity contribution in [1.29, 1.82) is 0 Å². The number of aromatic hydroxyl groups is 2. The van der Waals surface area contributed by atoms with Gasteiger partial charge >= 0.3 is 0 Å². The van der Waals surface area contributed by atoms with E-state index in [1.54, 1.807) is 36.4 Å². The minimum absolute atomic E-state index is 0.213. The van der Waals surface area contributed by atoms with Gasteiger partial charge in [-0.15, -0.1) is 0 Å². The van der Waals surface area contributed by atoms with Gasteiger partial charge in [0.15, 0.2) is 5.76 Å². The first-order valence-corrected chi connectivity index (χ1v) is 6.75. The highest BCUT2D eigenvalue weighted by Crippen LogP contribution is 2.30. The highest BCUT2D eigenvalue weighted by Gasteiger charge is 2.12. The molecule has 0 bridgehead atoms. The van der Waals surface area contributed by atoms with Crippen molar-refractivity contribution >= 4 is 0 Å². The minimum atomic E-state index is 0.213. The van der Waals surface area contributed by atoms with Crippen LogP contribution in [0.5, 0.6) is 11.5 Å². The second-order valence-corrected chi connectivity index (χ2v) is 4.82. The van der Waals surface area contributed by atoms with Crippen molar-refractivity contribution in [3.63, 3.8) is 0 Å². The highest BCUT2D eigenvalue weighted by atomic mass is 16.5. The molecular formula is C17H15NO3. The van der Waals surface area contributed by atoms with Gasteiger partial charge in [-0.05, 0) is 54.4 Å². The second kappa shape index (κ2) is 5.32. The Kier molecular flexibility index (Phi) is 3.36. The number of hydrogen-bond donors (Lipinski definition) is 2. The van der Waals surface area contributed by atoms with Crippen LogP contribution >= 0.6 is 0 Å². The Balaban J connectivity index is 2.00. The maximum atomic E-state index is 9.56. The van der Waals surface area contributed by atoms with Crippen LogP contribution in [0.2, 0.25) is 0 Å². The fourth-order valence-corrected chi connectivity index (χ4v) is 2.29. The number of hydrogen-bond acceptors (Lipinski definition) is 4. The van der Waals surface area contributed by atoms with Crippen LogP contribution in [0.25, 0.3) is 22.6 Å². The van der Waals surface area contributed by atoms with Crippen molar-refractivity contribution < 1.29 is 14.7 Å². The number of phenolic OH excluding ortho intramolecular Hbond substituents is 2. The fourth-order valence-electron chi connectivity index (χ4n) is 2.29. The summed E-state index contributed by atoms with van der Waals surface area (Å²) in [5.74, 6) is 1.10. The summed E-state index contributed by atoms with van der Waals surface area (Å²) in [5, 5.41) is 23.0. The van der Waals surface area contributed by atoms with E-state index in [-0.39, 0.29) is 11.5 Å². The average Bonchev–Trinajstić information content (AvgIpc) is 2.97. The molecule has 4 nitrogen and oxygen atoms in total. The lowest BCUT2D eigenvalue weighted by Gasteiger charge is -2.04. The third-order valence-electron chi connectivity index (χ3n) is 3.41. The first-order valence-electron chi connectivity index (χ1n) is 6.75. The molecule has 0 saturated heterocycles. The number of aryl methyl sites for hydroxylation is 1. The zero-order valence-corrected chi connectivity index (χ0v) is 11.6. The van der Waals surface area contributed by atoms with Gasteiger partial charge in [-0.25, -0.2) is 0 Å². The Morgan fingerprint density at radius 3 is 2.38 bits per heavy atom. The van der Waals surface area contributed by atoms with Crippen molar-refractivity contribution in [3.05, 3.63) is 54.1 Å². The Hall–Kier alpha value is -2.75. The molecule has 2 N–H and O–H groups in total. The molecule has 2 aromatic carbocycles. The summed E-state index contributed by atoms with van der Waals surface area (Å²) >= 11 is 0. The molecule has 0 aliphatic heterocycles. The average molecular weight is 281 g/mol. The molecule has 0 aliphatic rings. The molecule has 4 heteroatoms. The molecule has 0 atom stereocenters. The van der Waals surface area contributed by atoms with E-state index in [0.717, 1.165) is 28.8 Å². The van der Waals surface area contributed by atoms with E-state index in [1.807, 2.05) is 19.1 Å². The van der Waals surface area contributed by atoms with Crippen molar-refractivity contribution in [3.8, 4) is 34.1 Å². The summed E-state index contributed by atoms with van der Waals surface area (Å²) < 4.78 is 5.38. The molecule has 0 saturated carbocycles. The second-order valence-electron chi connectivity index (χ2n) is 4.82. The van der Waals surface area contributed by atoms with Gasteiger partial charge in [0, 0.05) is 17.2 Å². The van der Waals surface area contributed by atoms with E-state index in [4.69, 9.17) is 4.52 Å². The van der Waals surface area contributed by atoms with Crippen LogP contribution in [0.3, 0.4) is 0 Å². The number of nitrogens with zero attached hydrogens (tertiary/aromatic N) is 1. The van der Waals surface area contributed by atoms with Crippen LogP contribution in [-0.2, 0) is 6.42 Å². The van der Waals surface area contributed by atoms with Gasteiger partial charge in [0.2, 0.25) is 0 Å². The van der Waals surface area contributed by atoms with Crippen molar-refractivity contribution in [1.82, 2.24) is 5.16 Å². The zero-order chi connectivity index (χ0) is 14.8. The van der Waals surface area contributed by atoms with Crippen molar-refractivity contribution in [2.24, 2.45) is 0 Å². The Morgan fingerprint density at radius 2 is 1.67 bits per heavy atom. The number of benzene rings is 2. The van der Waals surface area contributed by atoms with Gasteiger partial charge in [0.25, 0.3) is 0 Å². The monoisotopic (exact) mass is 281 g/mol. The van der Waals surface area contributed by atoms with Gasteiger partial charge in [-0.1, -0.05) is 12.1 Å². The summed E-state index contributed by atoms with van der Waals surface area (Å²) in [7, 11) is 0. The van der Waals surface area contributed by atoms with Crippen LogP contribution in [-0.4, -0.2) is 15.4 Å². The van der Waals surface area contributed by atoms with E-state index >= 15 is 0 Å². The lowest BCUT2D eigenvalue weighted by molar-refractivity contribution is 0.434. The normalized spacial score (nSPS) is 10.7. The molecule has 0 amide bonds. The molecular weight excluding hydrogens is 266 g/mol. The lowest BCUT2D eigenvalue weighted by Crippen LogP contribution is -1.87. The third kappa shape index (κ3) is 2.60. The minimum Gasteiger partial charge on any atom is -0.508 e. The Bertz CT molecular complexity index is 760. The van der Waals surface area contributed by atoms with Crippen LogP contribution < -0.4 is 0 Å². The molecule has 21 heavy (non-hydrogen) atoms. The smallest absolute Gasteiger partial charge is 0.167 e. The van der Waals surface area contributed by atoms with Gasteiger partial charge < -0.3 is 14.7 Å². The molecule has 0 radical (unpaired) electrons. The van der Waals surface area contributed by atoms with E-state index in [2.05, 4.69) is 5.16 Å². The predicted octanol–water partition coefficient (Wildman–Crippen LogP) is 3.98. The van der Waals surface area contributed by atoms with Gasteiger partial charge in [-0.2, -0.15) is 0 Å². The summed E-state index contributed by atoms with van der Waals surface area (Å²) in [6.45, 7) is 2.03. The quantitative estimate of drug-likeness (QED) is 0.762. The molecule has 3 aromatic rings. The van der Waals surface area contributed by atoms with Crippen LogP contribution in [0.15, 0.2) is 53.1 Å². The number of rotatable bonds is 3. The maximum Gasteiger partial charge on any atom is 0.167 e. The van der Waals surface area contributed by atoms with E-state index in [1.165, 1.54) is 0 Å². The molecule has 0 unspecified atom stereocenters. The van der Waals surface area contributed by atoms with Crippen LogP contribution in [0, 0.1) is 0 Å². The van der Waals surface area contributed by atoms with E-state index in [0.29, 0.717) is 5.76 Å². The first-order chi connectivity index (χ1) is 10.2. The van der Waals surface area contributed by atoms with Crippen LogP contribution in [0.1, 0.15) is 12.5 Å². The maximum absolute atomic E-state index is 9.56. The molecule has 0 fully saturated rings. The van der Waals surface area contributed by atoms with Crippen molar-refractivity contribution in [2.45, 2.75) is 13.3 Å². The van der Waals surface area contributed by atoms with Crippen LogP contribution in [0.4, 0.5) is 0 Å². The summed E-state index contributed by atoms with van der Waals surface area (Å²) in [4.78, 5) is 0. The van der Waals surface area contributed by atoms with E-state index < -0.39 is 0 Å². The molecule has 3 rings (SSSR count). The summed E-state index contributed by atoms with van der Waals surface area (Å²) in [5.41, 5.74) is 3.54. The molecule has 1 aromatic heterocycles. The largest absolute Gasteiger partial charge is 0.508 e. The summed E-state index contributed by atoms with van der Waals surface area (Å²) in [6.07, 6.45) is 0.797. The molecule has 1 heterocycles. The number of phenols is 2. The SMILES string of the molecule is CCc1cc(O)ccc1-c1cc(-c2ccc(O)cc2)on1. The van der Waals surface area contributed by atoms with Gasteiger partial charge in [0.1, 0.15) is 17.2 Å². The lowest BCUT2D eigenvalue weighted by atomic mass is 10.0. The predicted molar refractivity (Wildman–Crippen MR) is 80.1 cm³/mol. The summed E-state index contributed by atoms with van der Waals surface area (Å²) in [6, 6.07) is 13.8. The Labute approximate surface area is 122 Å². The van der Waals surface area contributed by atoms with E-state index in [9.17, 15) is 10.2 Å². The highest BCUT2D eigenvalue weighted by molar-refractivity contribution is 5.70. The molecule has 106 valence electrons. The molecule has 0 spiro atoms. The van der Waals surface area contributed by atoms with Gasteiger partial charge in [0.05, 0.1) is 0 Å². The first kappa shape index (κ1) is 13.2. The topological polar surface area (TPSA) is 66.5 Å². The Morgan fingerprint density at radius 1 is 0.952 bits per heavy atom.